The molecule has 2 heterocycles. The summed E-state index contributed by atoms with van der Waals surface area (Å²) in [6, 6.07) is 2.51. The van der Waals surface area contributed by atoms with Crippen molar-refractivity contribution in [2.45, 2.75) is 20.0 Å². The molecule has 3 rings (SSSR count). The predicted molar refractivity (Wildman–Crippen MR) is 113 cm³/mol. The van der Waals surface area contributed by atoms with Crippen LogP contribution in [0.2, 0.25) is 5.02 Å². The summed E-state index contributed by atoms with van der Waals surface area (Å²) < 4.78 is 11.5. The zero-order valence-corrected chi connectivity index (χ0v) is 17.4. The molecule has 1 aromatic carbocycles. The molecule has 2 aromatic rings. The monoisotopic (exact) mass is 434 g/mol. The molecule has 1 aliphatic rings. The third-order valence-corrected chi connectivity index (χ3v) is 4.39. The highest BCUT2D eigenvalue weighted by Gasteiger charge is 2.18. The molecule has 1 saturated heterocycles. The number of benzene rings is 1. The number of rotatable bonds is 6. The molecule has 10 nitrogen and oxygen atoms in total. The summed E-state index contributed by atoms with van der Waals surface area (Å²) in [5.41, 5.74) is 1.43. The molecule has 3 amide bonds. The van der Waals surface area contributed by atoms with E-state index in [1.807, 2.05) is 0 Å². The third-order valence-electron chi connectivity index (χ3n) is 4.08. The highest BCUT2D eigenvalue weighted by molar-refractivity contribution is 6.34. The minimum Gasteiger partial charge on any atom is -0.489 e. The number of aromatic nitrogens is 2. The Labute approximate surface area is 178 Å². The molecule has 160 valence electrons. The van der Waals surface area contributed by atoms with E-state index in [2.05, 4.69) is 31.2 Å². The summed E-state index contributed by atoms with van der Waals surface area (Å²) in [4.78, 5) is 32.0. The van der Waals surface area contributed by atoms with Crippen LogP contribution in [0, 0.1) is 6.92 Å². The van der Waals surface area contributed by atoms with E-state index in [0.717, 1.165) is 12.2 Å². The Morgan fingerprint density at radius 3 is 2.73 bits per heavy atom. The topological polar surface area (TPSA) is 126 Å². The summed E-state index contributed by atoms with van der Waals surface area (Å²) >= 11 is 6.26. The minimum atomic E-state index is -0.545. The van der Waals surface area contributed by atoms with Gasteiger partial charge in [0, 0.05) is 26.1 Å². The van der Waals surface area contributed by atoms with Crippen LogP contribution in [-0.4, -0.2) is 54.3 Å². The Morgan fingerprint density at radius 2 is 2.07 bits per heavy atom. The van der Waals surface area contributed by atoms with Crippen LogP contribution in [0.4, 0.5) is 22.0 Å². The second kappa shape index (κ2) is 10.2. The van der Waals surface area contributed by atoms with E-state index in [9.17, 15) is 9.59 Å². The zero-order chi connectivity index (χ0) is 21.5. The first-order chi connectivity index (χ1) is 14.4. The molecule has 1 aromatic heterocycles. The maximum absolute atomic E-state index is 12.4. The Bertz CT molecular complexity index is 903. The van der Waals surface area contributed by atoms with E-state index in [1.54, 1.807) is 19.2 Å². The zero-order valence-electron chi connectivity index (χ0n) is 16.6. The molecule has 0 bridgehead atoms. The lowest BCUT2D eigenvalue weighted by molar-refractivity contribution is -0.114. The Hall–Kier alpha value is -2.95. The number of anilines is 3. The number of morpholine rings is 1. The Morgan fingerprint density at radius 1 is 1.23 bits per heavy atom. The van der Waals surface area contributed by atoms with Crippen molar-refractivity contribution < 1.29 is 19.1 Å². The quantitative estimate of drug-likeness (QED) is 0.549. The molecule has 0 unspecified atom stereocenters. The number of urea groups is 1. The van der Waals surface area contributed by atoms with Gasteiger partial charge in [-0.3, -0.25) is 15.1 Å². The van der Waals surface area contributed by atoms with Crippen LogP contribution >= 0.6 is 11.6 Å². The van der Waals surface area contributed by atoms with Gasteiger partial charge in [-0.1, -0.05) is 11.6 Å². The maximum atomic E-state index is 12.4. The molecule has 0 spiro atoms. The van der Waals surface area contributed by atoms with Crippen molar-refractivity contribution in [2.75, 3.05) is 42.3 Å². The van der Waals surface area contributed by atoms with Crippen LogP contribution in [-0.2, 0) is 9.53 Å². The first kappa shape index (κ1) is 21.8. The highest BCUT2D eigenvalue weighted by atomic mass is 35.5. The standard InChI is InChI=1S/C19H23ClN6O4/c1-11-7-23-18(9-22-11)26-19(28)25-16-5-14(20)15(24-12(2)27)6-17(16)30-10-13-8-21-3-4-29-13/h5-7,9,13,21H,3-4,8,10H2,1-2H3,(H,24,27)(H2,23,25,26,28)/t13-/m0/s1. The van der Waals surface area contributed by atoms with E-state index in [0.29, 0.717) is 36.1 Å². The number of carbonyl (C=O) groups is 2. The normalized spacial score (nSPS) is 15.9. The number of aryl methyl sites for hydroxylation is 1. The number of ether oxygens (including phenoxy) is 2. The number of carbonyl (C=O) groups excluding carboxylic acids is 2. The van der Waals surface area contributed by atoms with Gasteiger partial charge in [-0.15, -0.1) is 0 Å². The number of nitrogens with one attached hydrogen (secondary N) is 4. The first-order valence-electron chi connectivity index (χ1n) is 9.33. The SMILES string of the molecule is CC(=O)Nc1cc(OC[C@@H]2CNCCO2)c(NC(=O)Nc2cnc(C)cn2)cc1Cl. The van der Waals surface area contributed by atoms with Crippen molar-refractivity contribution in [2.24, 2.45) is 0 Å². The lowest BCUT2D eigenvalue weighted by Crippen LogP contribution is -2.41. The van der Waals surface area contributed by atoms with Crippen molar-refractivity contribution in [3.63, 3.8) is 0 Å². The van der Waals surface area contributed by atoms with E-state index in [4.69, 9.17) is 21.1 Å². The van der Waals surface area contributed by atoms with Gasteiger partial charge in [-0.2, -0.15) is 0 Å². The number of hydrogen-bond acceptors (Lipinski definition) is 7. The summed E-state index contributed by atoms with van der Waals surface area (Å²) in [5.74, 6) is 0.352. The van der Waals surface area contributed by atoms with Gasteiger partial charge in [0.25, 0.3) is 0 Å². The molecule has 0 saturated carbocycles. The van der Waals surface area contributed by atoms with Crippen LogP contribution in [0.3, 0.4) is 0 Å². The Balaban J connectivity index is 1.75. The fraction of sp³-hybridized carbons (Fsp3) is 0.368. The lowest BCUT2D eigenvalue weighted by atomic mass is 10.2. The van der Waals surface area contributed by atoms with Gasteiger partial charge in [0.1, 0.15) is 18.5 Å². The number of hydrogen-bond donors (Lipinski definition) is 4. The van der Waals surface area contributed by atoms with Gasteiger partial charge < -0.3 is 25.4 Å². The van der Waals surface area contributed by atoms with Gasteiger partial charge in [0.2, 0.25) is 5.91 Å². The van der Waals surface area contributed by atoms with E-state index in [1.165, 1.54) is 19.2 Å². The average Bonchev–Trinajstić information content (AvgIpc) is 2.71. The molecule has 0 aliphatic carbocycles. The third kappa shape index (κ3) is 6.28. The predicted octanol–water partition coefficient (Wildman–Crippen LogP) is 2.41. The molecule has 1 fully saturated rings. The molecule has 4 N–H and O–H groups in total. The summed E-state index contributed by atoms with van der Waals surface area (Å²) in [6.45, 7) is 5.47. The van der Waals surface area contributed by atoms with E-state index >= 15 is 0 Å². The average molecular weight is 435 g/mol. The molecular weight excluding hydrogens is 412 g/mol. The minimum absolute atomic E-state index is 0.136. The van der Waals surface area contributed by atoms with Crippen molar-refractivity contribution in [3.8, 4) is 5.75 Å². The largest absolute Gasteiger partial charge is 0.489 e. The maximum Gasteiger partial charge on any atom is 0.325 e. The molecule has 1 atom stereocenters. The summed E-state index contributed by atoms with van der Waals surface area (Å²) in [5, 5.41) is 11.4. The van der Waals surface area contributed by atoms with E-state index in [-0.39, 0.29) is 23.6 Å². The fourth-order valence-electron chi connectivity index (χ4n) is 2.69. The fourth-order valence-corrected chi connectivity index (χ4v) is 2.90. The van der Waals surface area contributed by atoms with Crippen LogP contribution in [0.1, 0.15) is 12.6 Å². The van der Waals surface area contributed by atoms with E-state index < -0.39 is 6.03 Å². The van der Waals surface area contributed by atoms with Crippen LogP contribution < -0.4 is 26.0 Å². The molecule has 30 heavy (non-hydrogen) atoms. The smallest absolute Gasteiger partial charge is 0.325 e. The second-order valence-electron chi connectivity index (χ2n) is 6.64. The van der Waals surface area contributed by atoms with Crippen LogP contribution in [0.5, 0.6) is 5.75 Å². The van der Waals surface area contributed by atoms with Gasteiger partial charge in [0.05, 0.1) is 41.1 Å². The van der Waals surface area contributed by atoms with Crippen molar-refractivity contribution >= 4 is 40.7 Å². The number of halogens is 1. The number of amides is 3. The van der Waals surface area contributed by atoms with Gasteiger partial charge >= 0.3 is 6.03 Å². The highest BCUT2D eigenvalue weighted by Crippen LogP contribution is 2.35. The molecule has 1 aliphatic heterocycles. The molecular formula is C19H23ClN6O4. The summed E-state index contributed by atoms with van der Waals surface area (Å²) in [7, 11) is 0. The first-order valence-corrected chi connectivity index (χ1v) is 9.71. The van der Waals surface area contributed by atoms with Crippen LogP contribution in [0.15, 0.2) is 24.5 Å². The Kier molecular flexibility index (Phi) is 7.39. The lowest BCUT2D eigenvalue weighted by Gasteiger charge is -2.24. The van der Waals surface area contributed by atoms with Gasteiger partial charge in [-0.05, 0) is 13.0 Å². The number of nitrogens with zero attached hydrogens (tertiary/aromatic N) is 2. The molecule has 0 radical (unpaired) electrons. The van der Waals surface area contributed by atoms with Crippen molar-refractivity contribution in [1.29, 1.82) is 0 Å². The van der Waals surface area contributed by atoms with Crippen LogP contribution in [0.25, 0.3) is 0 Å². The summed E-state index contributed by atoms with van der Waals surface area (Å²) in [6.07, 6.45) is 2.86. The molecule has 11 heteroatoms. The van der Waals surface area contributed by atoms with Gasteiger partial charge in [0.15, 0.2) is 5.82 Å². The van der Waals surface area contributed by atoms with Crippen molar-refractivity contribution in [1.82, 2.24) is 15.3 Å². The van der Waals surface area contributed by atoms with Gasteiger partial charge in [-0.25, -0.2) is 9.78 Å². The second-order valence-corrected chi connectivity index (χ2v) is 7.05. The van der Waals surface area contributed by atoms with Crippen molar-refractivity contribution in [3.05, 3.63) is 35.2 Å².